The van der Waals surface area contributed by atoms with Crippen molar-refractivity contribution >= 4 is 16.7 Å². The first-order valence-corrected chi connectivity index (χ1v) is 13.4. The van der Waals surface area contributed by atoms with Crippen LogP contribution in [0.2, 0.25) is 0 Å². The molecule has 2 N–H and O–H groups in total. The third kappa shape index (κ3) is 4.69. The van der Waals surface area contributed by atoms with Gasteiger partial charge in [0.2, 0.25) is 0 Å². The van der Waals surface area contributed by atoms with Gasteiger partial charge in [-0.25, -0.2) is 4.39 Å². The highest BCUT2D eigenvalue weighted by molar-refractivity contribution is 5.88. The van der Waals surface area contributed by atoms with Gasteiger partial charge in [0.1, 0.15) is 12.4 Å². The lowest BCUT2D eigenvalue weighted by molar-refractivity contribution is -0.148. The first kappa shape index (κ1) is 24.5. The van der Waals surface area contributed by atoms with Crippen molar-refractivity contribution in [2.24, 2.45) is 16.7 Å². The molecule has 5 heteroatoms. The highest BCUT2D eigenvalue weighted by Crippen LogP contribution is 2.56. The molecule has 5 rings (SSSR count). The number of fused-ring (bicyclic) bond motifs is 3. The van der Waals surface area contributed by atoms with Crippen molar-refractivity contribution in [1.29, 1.82) is 0 Å². The molecule has 0 aliphatic heterocycles. The minimum atomic E-state index is -0.636. The minimum absolute atomic E-state index is 0.0544. The van der Waals surface area contributed by atoms with E-state index >= 15 is 0 Å². The summed E-state index contributed by atoms with van der Waals surface area (Å²) in [6.45, 7) is 7.11. The van der Waals surface area contributed by atoms with Crippen molar-refractivity contribution in [3.63, 3.8) is 0 Å². The summed E-state index contributed by atoms with van der Waals surface area (Å²) in [7, 11) is 0. The molecular formula is C30H40FNO3. The molecule has 4 nitrogen and oxygen atoms in total. The molecule has 0 unspecified atom stereocenters. The Bertz CT molecular complexity index is 1090. The molecule has 3 aliphatic rings. The summed E-state index contributed by atoms with van der Waals surface area (Å²) in [6, 6.07) is 10.2. The van der Waals surface area contributed by atoms with E-state index in [9.17, 15) is 14.3 Å². The van der Waals surface area contributed by atoms with Crippen LogP contribution in [0.25, 0.3) is 10.8 Å². The number of carboxylic acid groups (broad SMARTS) is 1. The number of halogens is 1. The fourth-order valence-electron chi connectivity index (χ4n) is 7.03. The van der Waals surface area contributed by atoms with Crippen molar-refractivity contribution in [3.05, 3.63) is 41.5 Å². The zero-order chi connectivity index (χ0) is 24.8. The Hall–Kier alpha value is -2.14. The number of nitrogens with one attached hydrogen (secondary N) is 1. The van der Waals surface area contributed by atoms with Gasteiger partial charge in [0, 0.05) is 17.6 Å². The molecule has 2 aromatic rings. The number of hydrogen-bond acceptors (Lipinski definition) is 3. The molecular weight excluding hydrogens is 441 g/mol. The lowest BCUT2D eigenvalue weighted by Crippen LogP contribution is -2.40. The van der Waals surface area contributed by atoms with Gasteiger partial charge >= 0.3 is 5.97 Å². The standard InChI is InChI=1S/C30H40FNO3/c1-28(2,3)22-6-8-23(9-7-22)35-26-11-5-21-16-20(4-10-24(21)25(26)17-31)18-32-30-14-12-29(19-30,13-15-30)27(33)34/h4-5,10-11,16,22-23,32H,6-9,12-15,17-19H2,1-3H3,(H,33,34). The first-order valence-electron chi connectivity index (χ1n) is 13.4. The topological polar surface area (TPSA) is 58.6 Å². The molecule has 190 valence electrons. The Labute approximate surface area is 208 Å². The van der Waals surface area contributed by atoms with Gasteiger partial charge in [0.15, 0.2) is 0 Å². The van der Waals surface area contributed by atoms with Crippen LogP contribution < -0.4 is 10.1 Å². The summed E-state index contributed by atoms with van der Waals surface area (Å²) < 4.78 is 20.6. The Balaban J connectivity index is 1.26. The predicted molar refractivity (Wildman–Crippen MR) is 137 cm³/mol. The lowest BCUT2D eigenvalue weighted by Gasteiger charge is -2.37. The molecule has 2 aromatic carbocycles. The Morgan fingerprint density at radius 1 is 1.09 bits per heavy atom. The molecule has 35 heavy (non-hydrogen) atoms. The van der Waals surface area contributed by atoms with Crippen LogP contribution in [0.5, 0.6) is 5.75 Å². The molecule has 3 saturated carbocycles. The Kier molecular flexibility index (Phi) is 6.36. The molecule has 0 spiro atoms. The number of carboxylic acids is 1. The molecule has 0 aromatic heterocycles. The van der Waals surface area contributed by atoms with E-state index in [0.717, 1.165) is 80.0 Å². The van der Waals surface area contributed by atoms with Crippen LogP contribution in [0.1, 0.15) is 89.7 Å². The fraction of sp³-hybridized carbons (Fsp3) is 0.633. The van der Waals surface area contributed by atoms with Gasteiger partial charge in [0.05, 0.1) is 11.5 Å². The highest BCUT2D eigenvalue weighted by atomic mass is 19.1. The third-order valence-corrected chi connectivity index (χ3v) is 9.44. The maximum Gasteiger partial charge on any atom is 0.309 e. The normalized spacial score (nSPS) is 30.6. The first-order chi connectivity index (χ1) is 16.6. The summed E-state index contributed by atoms with van der Waals surface area (Å²) in [5.41, 5.74) is 1.55. The fourth-order valence-corrected chi connectivity index (χ4v) is 7.03. The van der Waals surface area contributed by atoms with Gasteiger partial charge in [-0.05, 0) is 97.6 Å². The second kappa shape index (κ2) is 9.06. The number of carbonyl (C=O) groups is 1. The molecule has 0 amide bonds. The molecule has 0 heterocycles. The molecule has 0 atom stereocenters. The van der Waals surface area contributed by atoms with Gasteiger partial charge in [0.25, 0.3) is 0 Å². The maximum atomic E-state index is 14.2. The van der Waals surface area contributed by atoms with Crippen LogP contribution in [0.3, 0.4) is 0 Å². The van der Waals surface area contributed by atoms with Crippen LogP contribution in [0.4, 0.5) is 4.39 Å². The molecule has 2 bridgehead atoms. The number of aliphatic carboxylic acids is 1. The molecule has 0 radical (unpaired) electrons. The smallest absolute Gasteiger partial charge is 0.309 e. The third-order valence-electron chi connectivity index (χ3n) is 9.44. The number of rotatable bonds is 7. The van der Waals surface area contributed by atoms with Crippen LogP contribution in [-0.4, -0.2) is 22.7 Å². The molecule has 0 saturated heterocycles. The average molecular weight is 482 g/mol. The summed E-state index contributed by atoms with van der Waals surface area (Å²) in [6.07, 6.45) is 8.68. The largest absolute Gasteiger partial charge is 0.490 e. The number of alkyl halides is 1. The van der Waals surface area contributed by atoms with E-state index in [4.69, 9.17) is 4.74 Å². The Morgan fingerprint density at radius 3 is 2.40 bits per heavy atom. The summed E-state index contributed by atoms with van der Waals surface area (Å²) in [5.74, 6) is 0.773. The van der Waals surface area contributed by atoms with E-state index in [0.29, 0.717) is 23.3 Å². The van der Waals surface area contributed by atoms with Crippen molar-refractivity contribution in [2.45, 2.75) is 103 Å². The van der Waals surface area contributed by atoms with E-state index < -0.39 is 18.1 Å². The second-order valence-electron chi connectivity index (χ2n) is 12.6. The van der Waals surface area contributed by atoms with Crippen LogP contribution in [0, 0.1) is 16.7 Å². The van der Waals surface area contributed by atoms with Crippen molar-refractivity contribution in [3.8, 4) is 5.75 Å². The maximum absolute atomic E-state index is 14.2. The highest BCUT2D eigenvalue weighted by Gasteiger charge is 2.58. The van der Waals surface area contributed by atoms with Crippen molar-refractivity contribution in [1.82, 2.24) is 5.32 Å². The average Bonchev–Trinajstić information content (AvgIpc) is 3.41. The summed E-state index contributed by atoms with van der Waals surface area (Å²) >= 11 is 0. The van der Waals surface area contributed by atoms with Crippen molar-refractivity contribution < 1.29 is 19.0 Å². The summed E-state index contributed by atoms with van der Waals surface area (Å²) in [4.78, 5) is 11.7. The van der Waals surface area contributed by atoms with Crippen LogP contribution in [0.15, 0.2) is 30.3 Å². The zero-order valence-electron chi connectivity index (χ0n) is 21.5. The number of hydrogen-bond donors (Lipinski definition) is 2. The SMILES string of the molecule is CC(C)(C)C1CCC(Oc2ccc3cc(CNC45CCC(C(=O)O)(CC4)C5)ccc3c2CF)CC1. The van der Waals surface area contributed by atoms with Crippen LogP contribution in [-0.2, 0) is 18.0 Å². The van der Waals surface area contributed by atoms with Gasteiger partial charge < -0.3 is 15.2 Å². The van der Waals surface area contributed by atoms with Gasteiger partial charge in [-0.1, -0.05) is 39.0 Å². The molecule has 3 aliphatic carbocycles. The number of ether oxygens (including phenoxy) is 1. The van der Waals surface area contributed by atoms with Gasteiger partial charge in [-0.15, -0.1) is 0 Å². The number of benzene rings is 2. The van der Waals surface area contributed by atoms with Gasteiger partial charge in [-0.2, -0.15) is 0 Å². The van der Waals surface area contributed by atoms with E-state index in [1.807, 2.05) is 18.2 Å². The quantitative estimate of drug-likeness (QED) is 0.440. The van der Waals surface area contributed by atoms with Gasteiger partial charge in [-0.3, -0.25) is 4.79 Å². The monoisotopic (exact) mass is 481 g/mol. The van der Waals surface area contributed by atoms with E-state index in [2.05, 4.69) is 38.2 Å². The minimum Gasteiger partial charge on any atom is -0.490 e. The summed E-state index contributed by atoms with van der Waals surface area (Å²) in [5, 5.41) is 15.3. The lowest BCUT2D eigenvalue weighted by atomic mass is 9.72. The van der Waals surface area contributed by atoms with Crippen LogP contribution >= 0.6 is 0 Å². The van der Waals surface area contributed by atoms with Crippen molar-refractivity contribution in [2.75, 3.05) is 0 Å². The Morgan fingerprint density at radius 2 is 1.80 bits per heavy atom. The molecule has 3 fully saturated rings. The van der Waals surface area contributed by atoms with E-state index in [1.54, 1.807) is 0 Å². The van der Waals surface area contributed by atoms with E-state index in [-0.39, 0.29) is 11.6 Å². The predicted octanol–water partition coefficient (Wildman–Crippen LogP) is 7.17. The second-order valence-corrected chi connectivity index (χ2v) is 12.6. The zero-order valence-corrected chi connectivity index (χ0v) is 21.5. The van der Waals surface area contributed by atoms with E-state index in [1.165, 1.54) is 0 Å².